The predicted molar refractivity (Wildman–Crippen MR) is 121 cm³/mol. The van der Waals surface area contributed by atoms with Crippen LogP contribution in [0.15, 0.2) is 59.0 Å². The number of benzene rings is 2. The molecule has 2 aromatic carbocycles. The Kier molecular flexibility index (Phi) is 8.91. The summed E-state index contributed by atoms with van der Waals surface area (Å²) in [6.45, 7) is 1.74. The second-order valence-electron chi connectivity index (χ2n) is 7.93. The minimum atomic E-state index is 0.577. The molecule has 3 aromatic rings. The minimum absolute atomic E-state index is 0.577. The van der Waals surface area contributed by atoms with Gasteiger partial charge in [-0.25, -0.2) is 0 Å². The molecule has 0 unspecified atom stereocenters. The van der Waals surface area contributed by atoms with Crippen molar-refractivity contribution in [3.8, 4) is 17.2 Å². The fourth-order valence-electron chi connectivity index (χ4n) is 3.34. The van der Waals surface area contributed by atoms with E-state index in [1.807, 2.05) is 24.3 Å². The van der Waals surface area contributed by atoms with Crippen molar-refractivity contribution in [2.24, 2.45) is 0 Å². The number of rotatable bonds is 13. The van der Waals surface area contributed by atoms with Crippen LogP contribution >= 0.6 is 0 Å². The predicted octanol–water partition coefficient (Wildman–Crippen LogP) is 5.41. The molecule has 1 aromatic heterocycles. The number of ether oxygens (including phenoxy) is 1. The zero-order valence-corrected chi connectivity index (χ0v) is 18.2. The first-order chi connectivity index (χ1) is 14.7. The number of aryl methyl sites for hydroxylation is 2. The Balaban J connectivity index is 1.35. The highest BCUT2D eigenvalue weighted by molar-refractivity contribution is 5.53. The number of aromatic nitrogens is 2. The van der Waals surface area contributed by atoms with Gasteiger partial charge in [-0.15, -0.1) is 10.2 Å². The average Bonchev–Trinajstić information content (AvgIpc) is 3.24. The molecule has 3 rings (SSSR count). The van der Waals surface area contributed by atoms with Crippen molar-refractivity contribution < 1.29 is 9.15 Å². The van der Waals surface area contributed by atoms with E-state index in [9.17, 15) is 0 Å². The van der Waals surface area contributed by atoms with E-state index in [1.165, 1.54) is 24.8 Å². The highest BCUT2D eigenvalue weighted by Gasteiger charge is 2.08. The van der Waals surface area contributed by atoms with Gasteiger partial charge in [0.25, 0.3) is 0 Å². The summed E-state index contributed by atoms with van der Waals surface area (Å²) >= 11 is 0. The molecular weight excluding hydrogens is 374 g/mol. The molecule has 0 bridgehead atoms. The molecule has 0 fully saturated rings. The normalized spacial score (nSPS) is 11.2. The van der Waals surface area contributed by atoms with Crippen LogP contribution in [0.25, 0.3) is 11.5 Å². The third kappa shape index (κ3) is 7.64. The summed E-state index contributed by atoms with van der Waals surface area (Å²) in [6.07, 6.45) is 7.72. The third-order valence-electron chi connectivity index (χ3n) is 5.04. The van der Waals surface area contributed by atoms with E-state index in [2.05, 4.69) is 59.5 Å². The van der Waals surface area contributed by atoms with Crippen molar-refractivity contribution in [3.05, 3.63) is 66.1 Å². The molecule has 0 spiro atoms. The van der Waals surface area contributed by atoms with Gasteiger partial charge in [-0.1, -0.05) is 43.2 Å². The van der Waals surface area contributed by atoms with Gasteiger partial charge in [-0.3, -0.25) is 0 Å². The highest BCUT2D eigenvalue weighted by Crippen LogP contribution is 2.22. The second kappa shape index (κ2) is 12.1. The number of hydrogen-bond donors (Lipinski definition) is 0. The van der Waals surface area contributed by atoms with Crippen molar-refractivity contribution in [2.75, 3.05) is 27.2 Å². The molecule has 30 heavy (non-hydrogen) atoms. The molecule has 0 radical (unpaired) electrons. The molecule has 0 aliphatic carbocycles. The number of hydrogen-bond acceptors (Lipinski definition) is 5. The molecular formula is C25H33N3O2. The minimum Gasteiger partial charge on any atom is -0.494 e. The van der Waals surface area contributed by atoms with E-state index < -0.39 is 0 Å². The van der Waals surface area contributed by atoms with Gasteiger partial charge in [0.1, 0.15) is 5.75 Å². The lowest BCUT2D eigenvalue weighted by Crippen LogP contribution is -2.15. The summed E-state index contributed by atoms with van der Waals surface area (Å²) < 4.78 is 11.6. The molecule has 160 valence electrons. The molecule has 0 aliphatic rings. The lowest BCUT2D eigenvalue weighted by Gasteiger charge is -2.10. The van der Waals surface area contributed by atoms with Gasteiger partial charge in [-0.05, 0) is 69.6 Å². The topological polar surface area (TPSA) is 51.4 Å². The van der Waals surface area contributed by atoms with Crippen molar-refractivity contribution >= 4 is 0 Å². The van der Waals surface area contributed by atoms with Crippen molar-refractivity contribution in [3.63, 3.8) is 0 Å². The Morgan fingerprint density at radius 3 is 2.27 bits per heavy atom. The largest absolute Gasteiger partial charge is 0.494 e. The second-order valence-corrected chi connectivity index (χ2v) is 7.93. The van der Waals surface area contributed by atoms with Crippen LogP contribution in [0.3, 0.4) is 0 Å². The molecule has 0 N–H and O–H groups in total. The van der Waals surface area contributed by atoms with E-state index in [-0.39, 0.29) is 0 Å². The SMILES string of the molecule is CN(C)CCCOc1ccc(-c2nnc(CCCCCCc3ccccc3)o2)cc1. The quantitative estimate of drug-likeness (QED) is 0.355. The number of unbranched alkanes of at least 4 members (excludes halogenated alkanes) is 3. The van der Waals surface area contributed by atoms with E-state index in [4.69, 9.17) is 9.15 Å². The van der Waals surface area contributed by atoms with Crippen LogP contribution in [0.2, 0.25) is 0 Å². The Labute approximate surface area is 180 Å². The van der Waals surface area contributed by atoms with E-state index >= 15 is 0 Å². The molecule has 0 aliphatic heterocycles. The standard InChI is InChI=1S/C25H33N3O2/c1-28(2)19-10-20-29-23-17-15-22(16-18-23)25-27-26-24(30-25)14-9-4-3-6-11-21-12-7-5-8-13-21/h5,7-8,12-13,15-18H,3-4,6,9-11,14,19-20H2,1-2H3. The van der Waals surface area contributed by atoms with Crippen LogP contribution < -0.4 is 4.74 Å². The maximum atomic E-state index is 5.84. The van der Waals surface area contributed by atoms with Gasteiger partial charge in [0.15, 0.2) is 0 Å². The maximum Gasteiger partial charge on any atom is 0.247 e. The third-order valence-corrected chi connectivity index (χ3v) is 5.04. The van der Waals surface area contributed by atoms with Crippen LogP contribution in [0, 0.1) is 0 Å². The number of nitrogens with zero attached hydrogens (tertiary/aromatic N) is 3. The Morgan fingerprint density at radius 1 is 0.800 bits per heavy atom. The molecule has 0 atom stereocenters. The molecule has 0 saturated heterocycles. The molecule has 0 saturated carbocycles. The van der Waals surface area contributed by atoms with Crippen molar-refractivity contribution in [1.29, 1.82) is 0 Å². The van der Waals surface area contributed by atoms with E-state index in [1.54, 1.807) is 0 Å². The maximum absolute atomic E-state index is 5.84. The summed E-state index contributed by atoms with van der Waals surface area (Å²) in [5.74, 6) is 2.16. The Morgan fingerprint density at radius 2 is 1.53 bits per heavy atom. The van der Waals surface area contributed by atoms with Gasteiger partial charge in [0.2, 0.25) is 11.8 Å². The average molecular weight is 408 g/mol. The molecule has 5 nitrogen and oxygen atoms in total. The van der Waals surface area contributed by atoms with Gasteiger partial charge in [0, 0.05) is 18.5 Å². The smallest absolute Gasteiger partial charge is 0.247 e. The Bertz CT molecular complexity index is 844. The van der Waals surface area contributed by atoms with Crippen molar-refractivity contribution in [1.82, 2.24) is 15.1 Å². The van der Waals surface area contributed by atoms with E-state index in [0.29, 0.717) is 12.5 Å². The summed E-state index contributed by atoms with van der Waals surface area (Å²) in [6, 6.07) is 18.5. The van der Waals surface area contributed by atoms with Crippen LogP contribution in [0.5, 0.6) is 5.75 Å². The van der Waals surface area contributed by atoms with Crippen molar-refractivity contribution in [2.45, 2.75) is 44.9 Å². The fourth-order valence-corrected chi connectivity index (χ4v) is 3.34. The van der Waals surface area contributed by atoms with Gasteiger partial charge >= 0.3 is 0 Å². The van der Waals surface area contributed by atoms with Gasteiger partial charge in [0.05, 0.1) is 6.61 Å². The highest BCUT2D eigenvalue weighted by atomic mass is 16.5. The first kappa shape index (κ1) is 22.0. The fraction of sp³-hybridized carbons (Fsp3) is 0.440. The first-order valence-corrected chi connectivity index (χ1v) is 10.9. The summed E-state index contributed by atoms with van der Waals surface area (Å²) in [5.41, 5.74) is 2.35. The molecule has 0 amide bonds. The van der Waals surface area contributed by atoms with Gasteiger partial charge in [-0.2, -0.15) is 0 Å². The van der Waals surface area contributed by atoms with Crippen LogP contribution in [-0.4, -0.2) is 42.3 Å². The summed E-state index contributed by atoms with van der Waals surface area (Å²) in [7, 11) is 4.14. The lowest BCUT2D eigenvalue weighted by molar-refractivity contribution is 0.281. The summed E-state index contributed by atoms with van der Waals surface area (Å²) in [4.78, 5) is 2.16. The van der Waals surface area contributed by atoms with Crippen LogP contribution in [0.4, 0.5) is 0 Å². The lowest BCUT2D eigenvalue weighted by atomic mass is 10.1. The zero-order valence-electron chi connectivity index (χ0n) is 18.2. The van der Waals surface area contributed by atoms with Gasteiger partial charge < -0.3 is 14.1 Å². The Hall–Kier alpha value is -2.66. The first-order valence-electron chi connectivity index (χ1n) is 10.9. The summed E-state index contributed by atoms with van der Waals surface area (Å²) in [5, 5.41) is 8.41. The van der Waals surface area contributed by atoms with Crippen LogP contribution in [0.1, 0.15) is 43.6 Å². The van der Waals surface area contributed by atoms with E-state index in [0.717, 1.165) is 49.4 Å². The molecule has 5 heteroatoms. The zero-order chi connectivity index (χ0) is 21.0. The monoisotopic (exact) mass is 407 g/mol. The van der Waals surface area contributed by atoms with Crippen LogP contribution in [-0.2, 0) is 12.8 Å². The molecule has 1 heterocycles.